The number of hydrogen-bond donors (Lipinski definition) is 1. The zero-order valence-corrected chi connectivity index (χ0v) is 6.42. The monoisotopic (exact) mass is 152 g/mol. The van der Waals surface area contributed by atoms with Crippen molar-refractivity contribution in [1.82, 2.24) is 5.32 Å². The molecule has 3 nitrogen and oxygen atoms in total. The van der Waals surface area contributed by atoms with Gasteiger partial charge in [0.1, 0.15) is 0 Å². The average molecular weight is 152 g/mol. The maximum Gasteiger partial charge on any atom is 0.235 e. The van der Waals surface area contributed by atoms with Gasteiger partial charge in [0.05, 0.1) is 6.04 Å². The fourth-order valence-electron chi connectivity index (χ4n) is 2.18. The van der Waals surface area contributed by atoms with Crippen LogP contribution in [0.4, 0.5) is 0 Å². The lowest BCUT2D eigenvalue weighted by molar-refractivity contribution is 0.359. The zero-order valence-electron chi connectivity index (χ0n) is 6.42. The Balaban J connectivity index is 2.06. The van der Waals surface area contributed by atoms with Gasteiger partial charge in [-0.1, -0.05) is 0 Å². The third-order valence-corrected chi connectivity index (χ3v) is 2.77. The SMILES string of the molecule is O=C=NC1CCC2CCC1N2. The minimum absolute atomic E-state index is 0.214. The summed E-state index contributed by atoms with van der Waals surface area (Å²) in [5.41, 5.74) is 0. The summed E-state index contributed by atoms with van der Waals surface area (Å²) in [5, 5.41) is 3.45. The van der Waals surface area contributed by atoms with Gasteiger partial charge in [0.2, 0.25) is 6.08 Å². The number of isocyanates is 1. The molecule has 0 radical (unpaired) electrons. The van der Waals surface area contributed by atoms with Gasteiger partial charge in [0.15, 0.2) is 0 Å². The van der Waals surface area contributed by atoms with Crippen LogP contribution in [-0.2, 0) is 4.79 Å². The number of rotatable bonds is 1. The van der Waals surface area contributed by atoms with Crippen molar-refractivity contribution < 1.29 is 4.79 Å². The van der Waals surface area contributed by atoms with E-state index in [4.69, 9.17) is 0 Å². The van der Waals surface area contributed by atoms with Crippen molar-refractivity contribution in [2.45, 2.75) is 43.8 Å². The number of carbonyl (C=O) groups excluding carboxylic acids is 1. The molecule has 1 N–H and O–H groups in total. The highest BCUT2D eigenvalue weighted by Crippen LogP contribution is 2.28. The van der Waals surface area contributed by atoms with Crippen molar-refractivity contribution >= 4 is 6.08 Å². The van der Waals surface area contributed by atoms with Gasteiger partial charge in [-0.25, -0.2) is 9.79 Å². The van der Waals surface area contributed by atoms with E-state index in [0.717, 1.165) is 6.42 Å². The minimum Gasteiger partial charge on any atom is -0.309 e. The first-order chi connectivity index (χ1) is 5.40. The molecule has 2 fully saturated rings. The largest absolute Gasteiger partial charge is 0.309 e. The van der Waals surface area contributed by atoms with Crippen LogP contribution in [0.25, 0.3) is 0 Å². The van der Waals surface area contributed by atoms with E-state index in [0.29, 0.717) is 12.1 Å². The third kappa shape index (κ3) is 1.22. The molecule has 0 amide bonds. The van der Waals surface area contributed by atoms with E-state index in [1.165, 1.54) is 19.3 Å². The van der Waals surface area contributed by atoms with Gasteiger partial charge in [-0.3, -0.25) is 0 Å². The van der Waals surface area contributed by atoms with Crippen molar-refractivity contribution in [3.8, 4) is 0 Å². The molecule has 2 rings (SSSR count). The third-order valence-electron chi connectivity index (χ3n) is 2.77. The highest BCUT2D eigenvalue weighted by atomic mass is 16.1. The highest BCUT2D eigenvalue weighted by Gasteiger charge is 2.34. The summed E-state index contributed by atoms with van der Waals surface area (Å²) < 4.78 is 0. The summed E-state index contributed by atoms with van der Waals surface area (Å²) in [6, 6.07) is 1.39. The van der Waals surface area contributed by atoms with Gasteiger partial charge in [-0.2, -0.15) is 0 Å². The molecular weight excluding hydrogens is 140 g/mol. The molecule has 2 aliphatic rings. The molecule has 0 spiro atoms. The number of piperidine rings is 1. The molecule has 0 aliphatic carbocycles. The van der Waals surface area contributed by atoms with Crippen LogP contribution < -0.4 is 5.32 Å². The van der Waals surface area contributed by atoms with Gasteiger partial charge in [-0.15, -0.1) is 0 Å². The Morgan fingerprint density at radius 1 is 1.27 bits per heavy atom. The van der Waals surface area contributed by atoms with E-state index in [1.54, 1.807) is 6.08 Å². The Morgan fingerprint density at radius 2 is 2.09 bits per heavy atom. The maximum absolute atomic E-state index is 10.0. The van der Waals surface area contributed by atoms with Gasteiger partial charge in [0.25, 0.3) is 0 Å². The molecule has 0 aromatic heterocycles. The Bertz CT molecular complexity index is 198. The van der Waals surface area contributed by atoms with Crippen LogP contribution in [0.2, 0.25) is 0 Å². The van der Waals surface area contributed by atoms with E-state index < -0.39 is 0 Å². The molecule has 0 aromatic rings. The van der Waals surface area contributed by atoms with Gasteiger partial charge in [-0.05, 0) is 25.7 Å². The van der Waals surface area contributed by atoms with E-state index in [9.17, 15) is 4.79 Å². The molecular formula is C8H12N2O. The lowest BCUT2D eigenvalue weighted by atomic mass is 10.0. The second-order valence-electron chi connectivity index (χ2n) is 3.41. The summed E-state index contributed by atoms with van der Waals surface area (Å²) in [6.45, 7) is 0. The smallest absolute Gasteiger partial charge is 0.235 e. The van der Waals surface area contributed by atoms with Crippen LogP contribution in [0.1, 0.15) is 25.7 Å². The van der Waals surface area contributed by atoms with Gasteiger partial charge >= 0.3 is 0 Å². The summed E-state index contributed by atoms with van der Waals surface area (Å²) >= 11 is 0. The van der Waals surface area contributed by atoms with Crippen molar-refractivity contribution in [1.29, 1.82) is 0 Å². The van der Waals surface area contributed by atoms with Crippen LogP contribution in [0.3, 0.4) is 0 Å². The first-order valence-corrected chi connectivity index (χ1v) is 4.23. The molecule has 2 aliphatic heterocycles. The van der Waals surface area contributed by atoms with Crippen LogP contribution in [0.5, 0.6) is 0 Å². The summed E-state index contributed by atoms with van der Waals surface area (Å²) in [6.07, 6.45) is 6.34. The van der Waals surface area contributed by atoms with Crippen molar-refractivity contribution in [2.24, 2.45) is 4.99 Å². The fraction of sp³-hybridized carbons (Fsp3) is 0.875. The lowest BCUT2D eigenvalue weighted by Crippen LogP contribution is -2.42. The second-order valence-corrected chi connectivity index (χ2v) is 3.41. The van der Waals surface area contributed by atoms with Crippen molar-refractivity contribution in [3.63, 3.8) is 0 Å². The molecule has 3 atom stereocenters. The number of hydrogen-bond acceptors (Lipinski definition) is 3. The van der Waals surface area contributed by atoms with E-state index in [2.05, 4.69) is 10.3 Å². The highest BCUT2D eigenvalue weighted by molar-refractivity contribution is 5.34. The zero-order chi connectivity index (χ0) is 7.68. The molecule has 3 heteroatoms. The standard InChI is InChI=1S/C8H12N2O/c11-5-9-7-3-1-6-2-4-8(7)10-6/h6-8,10H,1-4H2. The molecule has 2 heterocycles. The molecule has 60 valence electrons. The molecule has 11 heavy (non-hydrogen) atoms. The maximum atomic E-state index is 10.0. The van der Waals surface area contributed by atoms with Crippen LogP contribution in [0, 0.1) is 0 Å². The number of nitrogens with zero attached hydrogens (tertiary/aromatic N) is 1. The van der Waals surface area contributed by atoms with Crippen molar-refractivity contribution in [3.05, 3.63) is 0 Å². The predicted octanol–water partition coefficient (Wildman–Crippen LogP) is 0.605. The Morgan fingerprint density at radius 3 is 2.91 bits per heavy atom. The fourth-order valence-corrected chi connectivity index (χ4v) is 2.18. The lowest BCUT2D eigenvalue weighted by Gasteiger charge is -2.25. The summed E-state index contributed by atoms with van der Waals surface area (Å²) in [5.74, 6) is 0. The predicted molar refractivity (Wildman–Crippen MR) is 41.1 cm³/mol. The first-order valence-electron chi connectivity index (χ1n) is 4.23. The Labute approximate surface area is 65.9 Å². The average Bonchev–Trinajstić information content (AvgIpc) is 2.40. The summed E-state index contributed by atoms with van der Waals surface area (Å²) in [7, 11) is 0. The molecule has 2 saturated heterocycles. The van der Waals surface area contributed by atoms with E-state index in [-0.39, 0.29) is 6.04 Å². The Hall–Kier alpha value is -0.660. The number of aliphatic imine (C=N–C) groups is 1. The van der Waals surface area contributed by atoms with Gasteiger partial charge < -0.3 is 5.32 Å². The van der Waals surface area contributed by atoms with Crippen LogP contribution in [-0.4, -0.2) is 24.2 Å². The number of nitrogens with one attached hydrogen (secondary N) is 1. The topological polar surface area (TPSA) is 41.5 Å². The second kappa shape index (κ2) is 2.76. The van der Waals surface area contributed by atoms with Crippen LogP contribution >= 0.6 is 0 Å². The minimum atomic E-state index is 0.214. The van der Waals surface area contributed by atoms with Crippen molar-refractivity contribution in [2.75, 3.05) is 0 Å². The Kier molecular flexibility index (Phi) is 1.76. The molecule has 2 bridgehead atoms. The normalized spacial score (nSPS) is 41.6. The van der Waals surface area contributed by atoms with Gasteiger partial charge in [0, 0.05) is 12.1 Å². The first kappa shape index (κ1) is 7.01. The quantitative estimate of drug-likeness (QED) is 0.441. The molecule has 3 unspecified atom stereocenters. The molecule has 0 aromatic carbocycles. The number of fused-ring (bicyclic) bond motifs is 2. The molecule has 0 saturated carbocycles. The van der Waals surface area contributed by atoms with Crippen LogP contribution in [0.15, 0.2) is 4.99 Å². The van der Waals surface area contributed by atoms with E-state index >= 15 is 0 Å². The van der Waals surface area contributed by atoms with E-state index in [1.807, 2.05) is 0 Å². The summed E-state index contributed by atoms with van der Waals surface area (Å²) in [4.78, 5) is 13.8.